The van der Waals surface area contributed by atoms with Crippen LogP contribution in [-0.4, -0.2) is 29.2 Å². The first-order valence-corrected chi connectivity index (χ1v) is 4.76. The van der Waals surface area contributed by atoms with Crippen LogP contribution in [0, 0.1) is 5.92 Å². The molecule has 3 nitrogen and oxygen atoms in total. The summed E-state index contributed by atoms with van der Waals surface area (Å²) in [4.78, 5) is 24.5. The van der Waals surface area contributed by atoms with Gasteiger partial charge in [-0.15, -0.1) is 0 Å². The van der Waals surface area contributed by atoms with Gasteiger partial charge in [0.1, 0.15) is 0 Å². The molecule has 0 aromatic carbocycles. The van der Waals surface area contributed by atoms with Crippen molar-refractivity contribution in [3.05, 3.63) is 0 Å². The Labute approximate surface area is 80.1 Å². The van der Waals surface area contributed by atoms with Gasteiger partial charge in [-0.1, -0.05) is 13.8 Å². The molecule has 13 heavy (non-hydrogen) atoms. The first kappa shape index (κ1) is 12.1. The second-order valence-corrected chi connectivity index (χ2v) is 3.70. The summed E-state index contributed by atoms with van der Waals surface area (Å²) in [5.74, 6) is -0.858. The van der Waals surface area contributed by atoms with Gasteiger partial charge in [-0.05, 0) is 20.8 Å². The summed E-state index contributed by atoms with van der Waals surface area (Å²) in [7, 11) is 0. The zero-order valence-electron chi connectivity index (χ0n) is 9.13. The lowest BCUT2D eigenvalue weighted by Gasteiger charge is -2.24. The molecule has 0 radical (unpaired) electrons. The van der Waals surface area contributed by atoms with Crippen LogP contribution in [0.3, 0.4) is 0 Å². The van der Waals surface area contributed by atoms with E-state index in [1.807, 2.05) is 20.8 Å². The molecule has 0 aliphatic heterocycles. The third-order valence-corrected chi connectivity index (χ3v) is 1.96. The Bertz CT molecular complexity index is 197. The van der Waals surface area contributed by atoms with Crippen LogP contribution >= 0.6 is 0 Å². The van der Waals surface area contributed by atoms with Gasteiger partial charge in [-0.3, -0.25) is 9.59 Å². The molecule has 0 aromatic rings. The lowest BCUT2D eigenvalue weighted by atomic mass is 10.1. The minimum atomic E-state index is -0.354. The van der Waals surface area contributed by atoms with Crippen molar-refractivity contribution in [1.29, 1.82) is 0 Å². The number of Topliss-reactive ketones (excluding diaryl/α,β-unsaturated/α-hetero) is 1. The Balaban J connectivity index is 4.47. The van der Waals surface area contributed by atoms with E-state index in [1.165, 1.54) is 0 Å². The first-order chi connectivity index (χ1) is 5.91. The normalized spacial score (nSPS) is 10.7. The molecule has 0 atom stereocenters. The topological polar surface area (TPSA) is 37.4 Å². The largest absolute Gasteiger partial charge is 0.334 e. The summed E-state index contributed by atoms with van der Waals surface area (Å²) in [6.07, 6.45) is 0. The third kappa shape index (κ3) is 3.17. The summed E-state index contributed by atoms with van der Waals surface area (Å²) in [6, 6.07) is 0.0974. The van der Waals surface area contributed by atoms with Crippen molar-refractivity contribution in [1.82, 2.24) is 4.90 Å². The van der Waals surface area contributed by atoms with Crippen molar-refractivity contribution >= 4 is 11.7 Å². The number of likely N-dealkylation sites (N-methyl/N-ethyl adjacent to an activating group) is 1. The molecule has 0 heterocycles. The average molecular weight is 185 g/mol. The van der Waals surface area contributed by atoms with Gasteiger partial charge in [0.2, 0.25) is 5.78 Å². The molecule has 0 fully saturated rings. The second kappa shape index (κ2) is 5.00. The summed E-state index contributed by atoms with van der Waals surface area (Å²) >= 11 is 0. The highest BCUT2D eigenvalue weighted by Crippen LogP contribution is 2.03. The molecule has 76 valence electrons. The lowest BCUT2D eigenvalue weighted by molar-refractivity contribution is -0.147. The summed E-state index contributed by atoms with van der Waals surface area (Å²) in [5.41, 5.74) is 0. The van der Waals surface area contributed by atoms with E-state index in [9.17, 15) is 9.59 Å². The predicted molar refractivity (Wildman–Crippen MR) is 52.4 cm³/mol. The SMILES string of the molecule is CCN(C(=O)C(=O)C(C)C)C(C)C. The number of amides is 1. The van der Waals surface area contributed by atoms with Gasteiger partial charge in [-0.25, -0.2) is 0 Å². The van der Waals surface area contributed by atoms with Crippen LogP contribution in [0.2, 0.25) is 0 Å². The molecule has 0 unspecified atom stereocenters. The van der Waals surface area contributed by atoms with E-state index >= 15 is 0 Å². The van der Waals surface area contributed by atoms with Gasteiger partial charge in [0.25, 0.3) is 5.91 Å². The van der Waals surface area contributed by atoms with Crippen molar-refractivity contribution in [2.24, 2.45) is 5.92 Å². The van der Waals surface area contributed by atoms with E-state index in [4.69, 9.17) is 0 Å². The fourth-order valence-corrected chi connectivity index (χ4v) is 1.13. The minimum Gasteiger partial charge on any atom is -0.334 e. The molecule has 0 aliphatic carbocycles. The van der Waals surface area contributed by atoms with E-state index in [1.54, 1.807) is 18.7 Å². The number of hydrogen-bond acceptors (Lipinski definition) is 2. The van der Waals surface area contributed by atoms with Crippen LogP contribution < -0.4 is 0 Å². The molecular formula is C10H19NO2. The summed E-state index contributed by atoms with van der Waals surface area (Å²) < 4.78 is 0. The third-order valence-electron chi connectivity index (χ3n) is 1.96. The first-order valence-electron chi connectivity index (χ1n) is 4.76. The van der Waals surface area contributed by atoms with Crippen molar-refractivity contribution in [2.45, 2.75) is 40.7 Å². The van der Waals surface area contributed by atoms with Crippen molar-refractivity contribution < 1.29 is 9.59 Å². The fraction of sp³-hybridized carbons (Fsp3) is 0.800. The lowest BCUT2D eigenvalue weighted by Crippen LogP contribution is -2.42. The zero-order chi connectivity index (χ0) is 10.6. The molecule has 0 bridgehead atoms. The maximum Gasteiger partial charge on any atom is 0.290 e. The number of ketones is 1. The highest BCUT2D eigenvalue weighted by Gasteiger charge is 2.24. The minimum absolute atomic E-state index is 0.0974. The molecule has 0 aromatic heterocycles. The standard InChI is InChI=1S/C10H19NO2/c1-6-11(8(4)5)10(13)9(12)7(2)3/h7-8H,6H2,1-5H3. The highest BCUT2D eigenvalue weighted by atomic mass is 16.2. The summed E-state index contributed by atoms with van der Waals surface area (Å²) in [6.45, 7) is 9.78. The molecular weight excluding hydrogens is 166 g/mol. The van der Waals surface area contributed by atoms with Crippen LogP contribution in [0.1, 0.15) is 34.6 Å². The molecule has 0 rings (SSSR count). The van der Waals surface area contributed by atoms with Crippen LogP contribution in [0.4, 0.5) is 0 Å². The van der Waals surface area contributed by atoms with Crippen molar-refractivity contribution in [3.8, 4) is 0 Å². The molecule has 0 N–H and O–H groups in total. The fourth-order valence-electron chi connectivity index (χ4n) is 1.13. The van der Waals surface area contributed by atoms with Crippen molar-refractivity contribution in [3.63, 3.8) is 0 Å². The van der Waals surface area contributed by atoms with Crippen molar-refractivity contribution in [2.75, 3.05) is 6.54 Å². The van der Waals surface area contributed by atoms with E-state index < -0.39 is 0 Å². The Morgan fingerprint density at radius 2 is 1.62 bits per heavy atom. The maximum atomic E-state index is 11.5. The number of hydrogen-bond donors (Lipinski definition) is 0. The monoisotopic (exact) mass is 185 g/mol. The van der Waals surface area contributed by atoms with Crippen LogP contribution in [0.15, 0.2) is 0 Å². The Hall–Kier alpha value is -0.860. The average Bonchev–Trinajstić information content (AvgIpc) is 2.03. The zero-order valence-corrected chi connectivity index (χ0v) is 9.13. The van der Waals surface area contributed by atoms with Gasteiger partial charge < -0.3 is 4.90 Å². The van der Waals surface area contributed by atoms with E-state index in [2.05, 4.69) is 0 Å². The molecule has 0 saturated carbocycles. The number of carbonyl (C=O) groups excluding carboxylic acids is 2. The molecule has 3 heteroatoms. The Kier molecular flexibility index (Phi) is 4.67. The maximum absolute atomic E-state index is 11.5. The van der Waals surface area contributed by atoms with Crippen LogP contribution in [0.5, 0.6) is 0 Å². The molecule has 0 saturated heterocycles. The van der Waals surface area contributed by atoms with Gasteiger partial charge in [0.15, 0.2) is 0 Å². The van der Waals surface area contributed by atoms with Gasteiger partial charge in [0, 0.05) is 18.5 Å². The smallest absolute Gasteiger partial charge is 0.290 e. The molecule has 0 spiro atoms. The van der Waals surface area contributed by atoms with Gasteiger partial charge in [0.05, 0.1) is 0 Å². The quantitative estimate of drug-likeness (QED) is 0.622. The Morgan fingerprint density at radius 3 is 1.85 bits per heavy atom. The number of nitrogens with zero attached hydrogens (tertiary/aromatic N) is 1. The molecule has 0 aliphatic rings. The van der Waals surface area contributed by atoms with E-state index in [-0.39, 0.29) is 23.7 Å². The predicted octanol–water partition coefficient (Wildman–Crippen LogP) is 1.47. The number of rotatable bonds is 4. The van der Waals surface area contributed by atoms with Crippen LogP contribution in [-0.2, 0) is 9.59 Å². The number of carbonyl (C=O) groups is 2. The highest BCUT2D eigenvalue weighted by molar-refractivity contribution is 6.36. The second-order valence-electron chi connectivity index (χ2n) is 3.70. The van der Waals surface area contributed by atoms with Crippen LogP contribution in [0.25, 0.3) is 0 Å². The molecule has 1 amide bonds. The van der Waals surface area contributed by atoms with E-state index in [0.717, 1.165) is 0 Å². The van der Waals surface area contributed by atoms with Gasteiger partial charge in [-0.2, -0.15) is 0 Å². The summed E-state index contributed by atoms with van der Waals surface area (Å²) in [5, 5.41) is 0. The van der Waals surface area contributed by atoms with Gasteiger partial charge >= 0.3 is 0 Å². The Morgan fingerprint density at radius 1 is 1.15 bits per heavy atom. The van der Waals surface area contributed by atoms with E-state index in [0.29, 0.717) is 6.54 Å².